The number of nitrogens with zero attached hydrogens (tertiary/aromatic N) is 3. The Bertz CT molecular complexity index is 1000. The van der Waals surface area contributed by atoms with Crippen LogP contribution in [-0.4, -0.2) is 27.0 Å². The van der Waals surface area contributed by atoms with E-state index in [0.29, 0.717) is 11.6 Å². The van der Waals surface area contributed by atoms with Crippen molar-refractivity contribution in [1.82, 2.24) is 15.2 Å². The van der Waals surface area contributed by atoms with Gasteiger partial charge >= 0.3 is 0 Å². The highest BCUT2D eigenvalue weighted by Gasteiger charge is 2.10. The van der Waals surface area contributed by atoms with Crippen molar-refractivity contribution in [2.45, 2.75) is 6.54 Å². The molecule has 0 saturated carbocycles. The summed E-state index contributed by atoms with van der Waals surface area (Å²) in [6, 6.07) is 12.3. The number of nitrogens with one attached hydrogen (secondary N) is 1. The predicted molar refractivity (Wildman–Crippen MR) is 109 cm³/mol. The molecule has 0 radical (unpaired) electrons. The highest BCUT2D eigenvalue weighted by atomic mass is 79.9. The van der Waals surface area contributed by atoms with Gasteiger partial charge in [0.15, 0.2) is 5.69 Å². The monoisotopic (exact) mass is 466 g/mol. The van der Waals surface area contributed by atoms with Crippen LogP contribution in [-0.2, 0) is 6.54 Å². The number of carbonyl (C=O) groups is 1. The topological polar surface area (TPSA) is 79.5 Å². The first-order valence-corrected chi connectivity index (χ1v) is 9.26. The van der Waals surface area contributed by atoms with E-state index in [0.717, 1.165) is 10.0 Å². The fraction of sp³-hybridized carbons (Fsp3) is 0.0556. The van der Waals surface area contributed by atoms with Gasteiger partial charge in [0.25, 0.3) is 5.91 Å². The summed E-state index contributed by atoms with van der Waals surface area (Å²) in [5.74, 6) is -0.647. The fourth-order valence-corrected chi connectivity index (χ4v) is 3.02. The lowest BCUT2D eigenvalue weighted by molar-refractivity contribution is 0.0949. The van der Waals surface area contributed by atoms with Gasteiger partial charge in [-0.2, -0.15) is 10.2 Å². The molecule has 138 valence electrons. The van der Waals surface area contributed by atoms with Gasteiger partial charge < -0.3 is 5.11 Å². The normalized spacial score (nSPS) is 11.1. The lowest BCUT2D eigenvalue weighted by Gasteiger charge is -2.03. The molecule has 2 N–H and O–H groups in total. The number of hydrogen-bond donors (Lipinski definition) is 2. The van der Waals surface area contributed by atoms with Gasteiger partial charge in [-0.05, 0) is 35.9 Å². The van der Waals surface area contributed by atoms with E-state index >= 15 is 0 Å². The molecule has 0 atom stereocenters. The number of phenolic OH excluding ortho intramolecular Hbond substituents is 1. The first-order chi connectivity index (χ1) is 12.9. The Morgan fingerprint density at radius 1 is 1.26 bits per heavy atom. The molecule has 0 aliphatic rings. The number of phenols is 1. The van der Waals surface area contributed by atoms with Crippen LogP contribution in [0.25, 0.3) is 0 Å². The molecule has 6 nitrogen and oxygen atoms in total. The molecule has 2 aromatic carbocycles. The molecule has 3 rings (SSSR count). The molecule has 3 aromatic rings. The van der Waals surface area contributed by atoms with Crippen LogP contribution in [0.2, 0.25) is 10.0 Å². The van der Waals surface area contributed by atoms with Crippen molar-refractivity contribution in [3.05, 3.63) is 80.0 Å². The largest absolute Gasteiger partial charge is 0.506 e. The molecule has 1 amide bonds. The zero-order chi connectivity index (χ0) is 19.4. The third kappa shape index (κ3) is 5.09. The standard InChI is InChI=1S/C18H13BrCl2N4O2/c19-13-3-1-11(2-4-13)10-25-6-5-16(24-25)18(27)23-22-9-12-7-14(20)8-15(21)17(12)26/h1-9,26H,10H2,(H,23,27)/b22-9+. The summed E-state index contributed by atoms with van der Waals surface area (Å²) in [5, 5.41) is 18.3. The maximum Gasteiger partial charge on any atom is 0.291 e. The zero-order valence-corrected chi connectivity index (χ0v) is 16.8. The Morgan fingerprint density at radius 2 is 2.00 bits per heavy atom. The SMILES string of the molecule is O=C(N/N=C/c1cc(Cl)cc(Cl)c1O)c1ccn(Cc2ccc(Br)cc2)n1. The van der Waals surface area contributed by atoms with Crippen molar-refractivity contribution in [3.63, 3.8) is 0 Å². The lowest BCUT2D eigenvalue weighted by Crippen LogP contribution is -2.18. The fourth-order valence-electron chi connectivity index (χ4n) is 2.25. The van der Waals surface area contributed by atoms with Crippen molar-refractivity contribution in [3.8, 4) is 5.75 Å². The minimum atomic E-state index is -0.478. The molecule has 0 fully saturated rings. The third-order valence-corrected chi connectivity index (χ3v) is 4.59. The van der Waals surface area contributed by atoms with Crippen LogP contribution in [0.1, 0.15) is 21.6 Å². The number of benzene rings is 2. The highest BCUT2D eigenvalue weighted by Crippen LogP contribution is 2.29. The molecule has 1 heterocycles. The van der Waals surface area contributed by atoms with Crippen molar-refractivity contribution in [2.24, 2.45) is 5.10 Å². The van der Waals surface area contributed by atoms with Crippen molar-refractivity contribution in [1.29, 1.82) is 0 Å². The van der Waals surface area contributed by atoms with Crippen molar-refractivity contribution >= 4 is 51.3 Å². The van der Waals surface area contributed by atoms with E-state index < -0.39 is 5.91 Å². The van der Waals surface area contributed by atoms with Gasteiger partial charge in [0, 0.05) is 21.3 Å². The maximum atomic E-state index is 12.1. The van der Waals surface area contributed by atoms with Crippen LogP contribution >= 0.6 is 39.1 Å². The van der Waals surface area contributed by atoms with Crippen LogP contribution in [0.5, 0.6) is 5.75 Å². The van der Waals surface area contributed by atoms with Crippen molar-refractivity contribution in [2.75, 3.05) is 0 Å². The van der Waals surface area contributed by atoms with Crippen LogP contribution in [0.3, 0.4) is 0 Å². The van der Waals surface area contributed by atoms with E-state index in [2.05, 4.69) is 31.6 Å². The number of rotatable bonds is 5. The number of aromatic hydroxyl groups is 1. The Hall–Kier alpha value is -2.35. The number of carbonyl (C=O) groups excluding carboxylic acids is 1. The summed E-state index contributed by atoms with van der Waals surface area (Å²) in [6.45, 7) is 0.540. The number of hydrogen-bond acceptors (Lipinski definition) is 4. The second kappa shape index (κ2) is 8.56. The van der Waals surface area contributed by atoms with Crippen LogP contribution in [0.15, 0.2) is 58.2 Å². The maximum absolute atomic E-state index is 12.1. The van der Waals surface area contributed by atoms with Gasteiger partial charge in [0.2, 0.25) is 0 Å². The molecule has 0 aliphatic carbocycles. The van der Waals surface area contributed by atoms with Crippen LogP contribution < -0.4 is 5.43 Å². The van der Waals surface area contributed by atoms with Crippen LogP contribution in [0.4, 0.5) is 0 Å². The summed E-state index contributed by atoms with van der Waals surface area (Å²) < 4.78 is 2.65. The average Bonchev–Trinajstić information content (AvgIpc) is 3.09. The molecule has 0 saturated heterocycles. The predicted octanol–water partition coefficient (Wildman–Crippen LogP) is 4.47. The zero-order valence-electron chi connectivity index (χ0n) is 13.7. The number of aromatic nitrogens is 2. The summed E-state index contributed by atoms with van der Waals surface area (Å²) in [7, 11) is 0. The molecule has 0 aliphatic heterocycles. The van der Waals surface area contributed by atoms with Gasteiger partial charge in [0.1, 0.15) is 5.75 Å². The van der Waals surface area contributed by atoms with E-state index in [1.807, 2.05) is 24.3 Å². The Kier molecular flexibility index (Phi) is 6.15. The van der Waals surface area contributed by atoms with Crippen molar-refractivity contribution < 1.29 is 9.90 Å². The van der Waals surface area contributed by atoms with E-state index in [1.165, 1.54) is 18.3 Å². The third-order valence-electron chi connectivity index (χ3n) is 3.56. The summed E-state index contributed by atoms with van der Waals surface area (Å²) in [4.78, 5) is 12.1. The van der Waals surface area contributed by atoms with E-state index in [1.54, 1.807) is 16.9 Å². The molecular formula is C18H13BrCl2N4O2. The quantitative estimate of drug-likeness (QED) is 0.429. The number of hydrazone groups is 1. The number of amides is 1. The first-order valence-electron chi connectivity index (χ1n) is 7.71. The smallest absolute Gasteiger partial charge is 0.291 e. The van der Waals surface area contributed by atoms with E-state index in [-0.39, 0.29) is 22.0 Å². The second-order valence-electron chi connectivity index (χ2n) is 5.55. The summed E-state index contributed by atoms with van der Waals surface area (Å²) >= 11 is 15.1. The van der Waals surface area contributed by atoms with Gasteiger partial charge in [-0.1, -0.05) is 51.3 Å². The molecule has 1 aromatic heterocycles. The molecule has 0 bridgehead atoms. The Balaban J connectivity index is 1.63. The summed E-state index contributed by atoms with van der Waals surface area (Å²) in [5.41, 5.74) is 3.91. The molecule has 9 heteroatoms. The Morgan fingerprint density at radius 3 is 2.74 bits per heavy atom. The molecule has 0 spiro atoms. The van der Waals surface area contributed by atoms with E-state index in [4.69, 9.17) is 23.2 Å². The molecular weight excluding hydrogens is 455 g/mol. The second-order valence-corrected chi connectivity index (χ2v) is 7.31. The minimum absolute atomic E-state index is 0.0990. The van der Waals surface area contributed by atoms with Gasteiger partial charge in [-0.15, -0.1) is 0 Å². The summed E-state index contributed by atoms with van der Waals surface area (Å²) in [6.07, 6.45) is 2.97. The lowest BCUT2D eigenvalue weighted by atomic mass is 10.2. The number of halogens is 3. The Labute approximate surface area is 173 Å². The van der Waals surface area contributed by atoms with Gasteiger partial charge in [-0.25, -0.2) is 5.43 Å². The first kappa shape index (κ1) is 19.4. The van der Waals surface area contributed by atoms with E-state index in [9.17, 15) is 9.90 Å². The highest BCUT2D eigenvalue weighted by molar-refractivity contribution is 9.10. The minimum Gasteiger partial charge on any atom is -0.506 e. The molecule has 0 unspecified atom stereocenters. The average molecular weight is 468 g/mol. The van der Waals surface area contributed by atoms with Gasteiger partial charge in [-0.3, -0.25) is 9.48 Å². The van der Waals surface area contributed by atoms with Crippen LogP contribution in [0, 0.1) is 0 Å². The van der Waals surface area contributed by atoms with Gasteiger partial charge in [0.05, 0.1) is 17.8 Å². The molecule has 27 heavy (non-hydrogen) atoms.